The van der Waals surface area contributed by atoms with Gasteiger partial charge in [-0.05, 0) is 43.9 Å². The highest BCUT2D eigenvalue weighted by atomic mass is 35.5. The molecule has 4 rings (SSSR count). The third-order valence-electron chi connectivity index (χ3n) is 4.65. The number of alkyl halides is 3. The molecule has 1 aliphatic rings. The molecule has 3 aromatic heterocycles. The molecular formula is C18H15ClF3N5O. The molecule has 1 unspecified atom stereocenters. The number of aryl methyl sites for hydroxylation is 1. The molecule has 1 amide bonds. The third-order valence-corrected chi connectivity index (χ3v) is 4.87. The van der Waals surface area contributed by atoms with Crippen molar-refractivity contribution in [3.63, 3.8) is 0 Å². The number of carbonyl (C=O) groups excluding carboxylic acids is 1. The van der Waals surface area contributed by atoms with E-state index in [4.69, 9.17) is 11.6 Å². The van der Waals surface area contributed by atoms with Crippen molar-refractivity contribution in [2.24, 2.45) is 5.92 Å². The van der Waals surface area contributed by atoms with Gasteiger partial charge in [-0.2, -0.15) is 18.3 Å². The first-order valence-electron chi connectivity index (χ1n) is 8.59. The van der Waals surface area contributed by atoms with Crippen LogP contribution in [0.1, 0.15) is 28.9 Å². The van der Waals surface area contributed by atoms with Crippen molar-refractivity contribution in [2.45, 2.75) is 32.0 Å². The van der Waals surface area contributed by atoms with Crippen molar-refractivity contribution >= 4 is 23.2 Å². The number of rotatable bonds is 4. The van der Waals surface area contributed by atoms with Crippen LogP contribution in [-0.4, -0.2) is 37.7 Å². The van der Waals surface area contributed by atoms with Crippen LogP contribution in [0.25, 0.3) is 16.9 Å². The van der Waals surface area contributed by atoms with Gasteiger partial charge in [-0.1, -0.05) is 11.6 Å². The van der Waals surface area contributed by atoms with Crippen molar-refractivity contribution in [3.05, 3.63) is 47.0 Å². The lowest BCUT2D eigenvalue weighted by molar-refractivity contribution is -0.158. The van der Waals surface area contributed by atoms with Crippen LogP contribution in [0, 0.1) is 12.8 Å². The highest BCUT2D eigenvalue weighted by Crippen LogP contribution is 2.40. The Kier molecular flexibility index (Phi) is 4.49. The van der Waals surface area contributed by atoms with Crippen LogP contribution < -0.4 is 5.32 Å². The van der Waals surface area contributed by atoms with Crippen LogP contribution in [0.4, 0.5) is 13.2 Å². The fourth-order valence-corrected chi connectivity index (χ4v) is 3.18. The maximum absolute atomic E-state index is 13.2. The first kappa shape index (κ1) is 18.7. The number of halogens is 4. The standard InChI is InChI=1S/C18H15ClF3N5O/c1-9-6-13(11-4-5-14(19)23-7-11)25-16-12(8-24-27(9)16)17(28)26-15(10-2-3-10)18(20,21)22/h4-8,10,15H,2-3H2,1H3,(H,26,28). The van der Waals surface area contributed by atoms with E-state index in [1.165, 1.54) is 16.9 Å². The summed E-state index contributed by atoms with van der Waals surface area (Å²) in [6, 6.07) is 3.21. The molecule has 6 nitrogen and oxygen atoms in total. The summed E-state index contributed by atoms with van der Waals surface area (Å²) in [6.07, 6.45) is -0.837. The van der Waals surface area contributed by atoms with E-state index in [1.54, 1.807) is 25.1 Å². The summed E-state index contributed by atoms with van der Waals surface area (Å²) in [7, 11) is 0. The molecule has 3 aromatic rings. The Morgan fingerprint density at radius 3 is 2.68 bits per heavy atom. The van der Waals surface area contributed by atoms with E-state index >= 15 is 0 Å². The number of amides is 1. The monoisotopic (exact) mass is 409 g/mol. The second-order valence-corrected chi connectivity index (χ2v) is 7.16. The molecule has 10 heteroatoms. The Labute approximate surface area is 162 Å². The topological polar surface area (TPSA) is 72.2 Å². The first-order chi connectivity index (χ1) is 13.2. The van der Waals surface area contributed by atoms with E-state index in [0.717, 1.165) is 0 Å². The number of hydrogen-bond acceptors (Lipinski definition) is 4. The normalized spacial score (nSPS) is 15.6. The Balaban J connectivity index is 1.71. The maximum Gasteiger partial charge on any atom is 0.408 e. The minimum absolute atomic E-state index is 0.0122. The summed E-state index contributed by atoms with van der Waals surface area (Å²) in [5, 5.41) is 6.53. The fraction of sp³-hybridized carbons (Fsp3) is 0.333. The zero-order chi connectivity index (χ0) is 20.1. The lowest BCUT2D eigenvalue weighted by Gasteiger charge is -2.20. The van der Waals surface area contributed by atoms with Crippen molar-refractivity contribution in [3.8, 4) is 11.3 Å². The molecule has 1 N–H and O–H groups in total. The number of nitrogens with zero attached hydrogens (tertiary/aromatic N) is 4. The average Bonchev–Trinajstić information content (AvgIpc) is 3.37. The van der Waals surface area contributed by atoms with E-state index in [9.17, 15) is 18.0 Å². The van der Waals surface area contributed by atoms with Gasteiger partial charge in [0.2, 0.25) is 0 Å². The van der Waals surface area contributed by atoms with E-state index in [0.29, 0.717) is 34.9 Å². The minimum atomic E-state index is -4.50. The minimum Gasteiger partial charge on any atom is -0.340 e. The summed E-state index contributed by atoms with van der Waals surface area (Å²) < 4.78 is 41.1. The van der Waals surface area contributed by atoms with E-state index in [1.807, 2.05) is 0 Å². The quantitative estimate of drug-likeness (QED) is 0.665. The molecule has 1 aliphatic carbocycles. The van der Waals surface area contributed by atoms with Crippen LogP contribution >= 0.6 is 11.6 Å². The van der Waals surface area contributed by atoms with Gasteiger partial charge in [-0.15, -0.1) is 0 Å². The summed E-state index contributed by atoms with van der Waals surface area (Å²) in [6.45, 7) is 1.76. The summed E-state index contributed by atoms with van der Waals surface area (Å²) in [5.74, 6) is -1.42. The van der Waals surface area contributed by atoms with Crippen molar-refractivity contribution in [1.29, 1.82) is 0 Å². The number of pyridine rings is 1. The summed E-state index contributed by atoms with van der Waals surface area (Å²) in [5.41, 5.74) is 2.01. The Hall–Kier alpha value is -2.68. The molecule has 28 heavy (non-hydrogen) atoms. The SMILES string of the molecule is Cc1cc(-c2ccc(Cl)nc2)nc2c(C(=O)NC(C3CC3)C(F)(F)F)cnn12. The maximum atomic E-state index is 13.2. The molecular weight excluding hydrogens is 395 g/mol. The molecule has 1 atom stereocenters. The van der Waals surface area contributed by atoms with Crippen molar-refractivity contribution in [2.75, 3.05) is 0 Å². The lowest BCUT2D eigenvalue weighted by atomic mass is 10.1. The van der Waals surface area contributed by atoms with Crippen LogP contribution in [0.15, 0.2) is 30.6 Å². The molecule has 0 spiro atoms. The molecule has 146 valence electrons. The second kappa shape index (κ2) is 6.73. The Morgan fingerprint density at radius 2 is 2.07 bits per heavy atom. The van der Waals surface area contributed by atoms with Crippen LogP contribution in [0.3, 0.4) is 0 Å². The van der Waals surface area contributed by atoms with Crippen molar-refractivity contribution in [1.82, 2.24) is 24.9 Å². The predicted octanol–water partition coefficient (Wildman–Crippen LogP) is 3.82. The first-order valence-corrected chi connectivity index (χ1v) is 8.97. The largest absolute Gasteiger partial charge is 0.408 e. The Morgan fingerprint density at radius 1 is 1.32 bits per heavy atom. The molecule has 1 fully saturated rings. The van der Waals surface area contributed by atoms with Gasteiger partial charge < -0.3 is 5.32 Å². The highest BCUT2D eigenvalue weighted by Gasteiger charge is 2.49. The molecule has 0 bridgehead atoms. The van der Waals surface area contributed by atoms with Crippen LogP contribution in [0.5, 0.6) is 0 Å². The van der Waals surface area contributed by atoms with E-state index < -0.39 is 24.0 Å². The van der Waals surface area contributed by atoms with Gasteiger partial charge in [0.05, 0.1) is 11.9 Å². The molecule has 0 saturated heterocycles. The molecule has 0 aliphatic heterocycles. The molecule has 1 saturated carbocycles. The number of aromatic nitrogens is 4. The lowest BCUT2D eigenvalue weighted by Crippen LogP contribution is -2.46. The third kappa shape index (κ3) is 3.54. The van der Waals surface area contributed by atoms with E-state index in [2.05, 4.69) is 20.4 Å². The van der Waals surface area contributed by atoms with Gasteiger partial charge in [-0.3, -0.25) is 4.79 Å². The number of nitrogens with one attached hydrogen (secondary N) is 1. The van der Waals surface area contributed by atoms with Gasteiger partial charge in [0.1, 0.15) is 16.8 Å². The van der Waals surface area contributed by atoms with Gasteiger partial charge >= 0.3 is 6.18 Å². The fourth-order valence-electron chi connectivity index (χ4n) is 3.06. The number of carbonyl (C=O) groups is 1. The molecule has 3 heterocycles. The summed E-state index contributed by atoms with van der Waals surface area (Å²) in [4.78, 5) is 21.0. The zero-order valence-electron chi connectivity index (χ0n) is 14.7. The van der Waals surface area contributed by atoms with Crippen LogP contribution in [0.2, 0.25) is 5.15 Å². The second-order valence-electron chi connectivity index (χ2n) is 6.78. The zero-order valence-corrected chi connectivity index (χ0v) is 15.4. The molecule has 0 radical (unpaired) electrons. The van der Waals surface area contributed by atoms with Gasteiger partial charge in [0.25, 0.3) is 5.91 Å². The number of hydrogen-bond donors (Lipinski definition) is 1. The van der Waals surface area contributed by atoms with E-state index in [-0.39, 0.29) is 11.2 Å². The van der Waals surface area contributed by atoms with Crippen LogP contribution in [-0.2, 0) is 0 Å². The highest BCUT2D eigenvalue weighted by molar-refractivity contribution is 6.29. The predicted molar refractivity (Wildman–Crippen MR) is 96.0 cm³/mol. The van der Waals surface area contributed by atoms with Gasteiger partial charge in [-0.25, -0.2) is 14.5 Å². The average molecular weight is 410 g/mol. The molecule has 0 aromatic carbocycles. The number of fused-ring (bicyclic) bond motifs is 1. The van der Waals surface area contributed by atoms with Gasteiger partial charge in [0.15, 0.2) is 5.65 Å². The smallest absolute Gasteiger partial charge is 0.340 e. The Bertz CT molecular complexity index is 1040. The van der Waals surface area contributed by atoms with Gasteiger partial charge in [0, 0.05) is 17.5 Å². The van der Waals surface area contributed by atoms with Crippen molar-refractivity contribution < 1.29 is 18.0 Å². The summed E-state index contributed by atoms with van der Waals surface area (Å²) >= 11 is 5.80.